The van der Waals surface area contributed by atoms with E-state index in [9.17, 15) is 4.79 Å². The van der Waals surface area contributed by atoms with Gasteiger partial charge in [-0.2, -0.15) is 0 Å². The number of hydrogen-bond donors (Lipinski definition) is 2. The fourth-order valence-corrected chi connectivity index (χ4v) is 2.42. The van der Waals surface area contributed by atoms with Gasteiger partial charge in [-0.1, -0.05) is 52.5 Å². The third-order valence-corrected chi connectivity index (χ3v) is 3.98. The highest BCUT2D eigenvalue weighted by Crippen LogP contribution is 2.31. The quantitative estimate of drug-likeness (QED) is 0.637. The topological polar surface area (TPSA) is 54.0 Å². The Kier molecular flexibility index (Phi) is 5.32. The summed E-state index contributed by atoms with van der Waals surface area (Å²) in [5.41, 5.74) is 1.55. The molecule has 1 aromatic heterocycles. The predicted octanol–water partition coefficient (Wildman–Crippen LogP) is 3.99. The molecule has 0 radical (unpaired) electrons. The molecule has 1 unspecified atom stereocenters. The van der Waals surface area contributed by atoms with Crippen molar-refractivity contribution in [2.24, 2.45) is 0 Å². The third-order valence-electron chi connectivity index (χ3n) is 2.62. The van der Waals surface area contributed by atoms with Crippen LogP contribution in [0.1, 0.15) is 15.9 Å². The van der Waals surface area contributed by atoms with Gasteiger partial charge in [0.1, 0.15) is 6.17 Å². The molecule has 0 bridgehead atoms. The van der Waals surface area contributed by atoms with Crippen molar-refractivity contribution >= 4 is 57.2 Å². The van der Waals surface area contributed by atoms with Crippen LogP contribution in [-0.4, -0.2) is 20.8 Å². The van der Waals surface area contributed by atoms with Crippen LogP contribution in [0, 0.1) is 6.92 Å². The van der Waals surface area contributed by atoms with Gasteiger partial charge in [-0.15, -0.1) is 11.3 Å². The van der Waals surface area contributed by atoms with Crippen LogP contribution in [0.5, 0.6) is 0 Å². The summed E-state index contributed by atoms with van der Waals surface area (Å²) in [7, 11) is 0. The number of hydrogen-bond acceptors (Lipinski definition) is 4. The molecule has 0 aliphatic rings. The molecule has 1 heterocycles. The van der Waals surface area contributed by atoms with Crippen LogP contribution >= 0.6 is 46.1 Å². The summed E-state index contributed by atoms with van der Waals surface area (Å²) < 4.78 is -1.72. The number of alkyl halides is 3. The summed E-state index contributed by atoms with van der Waals surface area (Å²) in [5, 5.41) is 7.87. The highest BCUT2D eigenvalue weighted by Gasteiger charge is 2.34. The third kappa shape index (κ3) is 4.74. The number of anilines is 1. The SMILES string of the molecule is Cc1ccc(C(=O)NC(Nc2nccs2)C(Cl)(Cl)Cl)cc1. The van der Waals surface area contributed by atoms with Gasteiger partial charge in [0.2, 0.25) is 3.79 Å². The normalized spacial score (nSPS) is 12.8. The molecule has 0 fully saturated rings. The number of benzene rings is 1. The Morgan fingerprint density at radius 3 is 2.48 bits per heavy atom. The minimum Gasteiger partial charge on any atom is -0.338 e. The summed E-state index contributed by atoms with van der Waals surface area (Å²) in [6.07, 6.45) is 0.715. The minimum absolute atomic E-state index is 0.338. The van der Waals surface area contributed by atoms with E-state index in [1.54, 1.807) is 23.7 Å². The Hall–Kier alpha value is -1.01. The largest absolute Gasteiger partial charge is 0.338 e. The Bertz CT molecular complexity index is 596. The van der Waals surface area contributed by atoms with Crippen LogP contribution in [0.3, 0.4) is 0 Å². The molecule has 1 amide bonds. The van der Waals surface area contributed by atoms with E-state index in [1.807, 2.05) is 19.1 Å². The van der Waals surface area contributed by atoms with Gasteiger partial charge in [0.05, 0.1) is 0 Å². The number of aromatic nitrogens is 1. The summed E-state index contributed by atoms with van der Waals surface area (Å²) in [6, 6.07) is 7.11. The second kappa shape index (κ2) is 6.83. The number of thiazole rings is 1. The molecule has 0 aliphatic carbocycles. The Morgan fingerprint density at radius 2 is 1.95 bits per heavy atom. The molecule has 21 heavy (non-hydrogen) atoms. The Balaban J connectivity index is 2.11. The van der Waals surface area contributed by atoms with Crippen molar-refractivity contribution in [3.8, 4) is 0 Å². The fourth-order valence-electron chi connectivity index (χ4n) is 1.54. The average Bonchev–Trinajstić information content (AvgIpc) is 2.90. The molecule has 4 nitrogen and oxygen atoms in total. The number of amides is 1. The maximum absolute atomic E-state index is 12.2. The second-order valence-electron chi connectivity index (χ2n) is 4.30. The predicted molar refractivity (Wildman–Crippen MR) is 88.5 cm³/mol. The molecule has 2 aromatic rings. The zero-order valence-electron chi connectivity index (χ0n) is 10.9. The summed E-state index contributed by atoms with van der Waals surface area (Å²) in [6.45, 7) is 1.94. The zero-order valence-corrected chi connectivity index (χ0v) is 14.0. The molecule has 0 saturated carbocycles. The molecular formula is C13H12Cl3N3OS. The first kappa shape index (κ1) is 16.4. The molecule has 2 N–H and O–H groups in total. The number of halogens is 3. The molecule has 0 spiro atoms. The molecule has 0 saturated heterocycles. The molecule has 0 aliphatic heterocycles. The highest BCUT2D eigenvalue weighted by atomic mass is 35.6. The van der Waals surface area contributed by atoms with Gasteiger partial charge in [-0.3, -0.25) is 4.79 Å². The molecule has 112 valence electrons. The maximum Gasteiger partial charge on any atom is 0.252 e. The lowest BCUT2D eigenvalue weighted by atomic mass is 10.1. The molecule has 1 aromatic carbocycles. The number of nitrogens with one attached hydrogen (secondary N) is 2. The summed E-state index contributed by atoms with van der Waals surface area (Å²) >= 11 is 19.1. The molecular weight excluding hydrogens is 353 g/mol. The summed E-state index contributed by atoms with van der Waals surface area (Å²) in [4.78, 5) is 16.2. The number of aryl methyl sites for hydroxylation is 1. The number of carbonyl (C=O) groups excluding carboxylic acids is 1. The van der Waals surface area contributed by atoms with Crippen LogP contribution in [0.2, 0.25) is 0 Å². The van der Waals surface area contributed by atoms with Crippen LogP contribution in [0.25, 0.3) is 0 Å². The molecule has 8 heteroatoms. The van der Waals surface area contributed by atoms with Crippen molar-refractivity contribution in [1.82, 2.24) is 10.3 Å². The molecule has 2 rings (SSSR count). The van der Waals surface area contributed by atoms with Gasteiger partial charge >= 0.3 is 0 Å². The monoisotopic (exact) mass is 363 g/mol. The van der Waals surface area contributed by atoms with Gasteiger partial charge in [0, 0.05) is 17.1 Å². The van der Waals surface area contributed by atoms with E-state index < -0.39 is 9.96 Å². The van der Waals surface area contributed by atoms with E-state index in [-0.39, 0.29) is 5.91 Å². The first-order valence-corrected chi connectivity index (χ1v) is 7.98. The van der Waals surface area contributed by atoms with Gasteiger partial charge in [-0.25, -0.2) is 4.98 Å². The van der Waals surface area contributed by atoms with Crippen molar-refractivity contribution in [2.45, 2.75) is 16.9 Å². The van der Waals surface area contributed by atoms with E-state index in [0.717, 1.165) is 5.56 Å². The second-order valence-corrected chi connectivity index (χ2v) is 7.56. The van der Waals surface area contributed by atoms with E-state index >= 15 is 0 Å². The van der Waals surface area contributed by atoms with Crippen LogP contribution in [-0.2, 0) is 0 Å². The van der Waals surface area contributed by atoms with Crippen LogP contribution in [0.4, 0.5) is 5.13 Å². The lowest BCUT2D eigenvalue weighted by Crippen LogP contribution is -2.49. The van der Waals surface area contributed by atoms with Gasteiger partial charge < -0.3 is 10.6 Å². The lowest BCUT2D eigenvalue weighted by Gasteiger charge is -2.26. The Morgan fingerprint density at radius 1 is 1.29 bits per heavy atom. The first-order valence-electron chi connectivity index (χ1n) is 5.96. The van der Waals surface area contributed by atoms with Crippen LogP contribution in [0.15, 0.2) is 35.8 Å². The van der Waals surface area contributed by atoms with Gasteiger partial charge in [-0.05, 0) is 19.1 Å². The first-order chi connectivity index (χ1) is 9.86. The molecule has 1 atom stereocenters. The van der Waals surface area contributed by atoms with Crippen molar-refractivity contribution in [3.05, 3.63) is 47.0 Å². The number of rotatable bonds is 4. The zero-order chi connectivity index (χ0) is 15.5. The van der Waals surface area contributed by atoms with Gasteiger partial charge in [0.25, 0.3) is 5.91 Å². The smallest absolute Gasteiger partial charge is 0.252 e. The van der Waals surface area contributed by atoms with E-state index in [4.69, 9.17) is 34.8 Å². The van der Waals surface area contributed by atoms with E-state index in [0.29, 0.717) is 10.7 Å². The highest BCUT2D eigenvalue weighted by molar-refractivity contribution is 7.13. The number of nitrogens with zero attached hydrogens (tertiary/aromatic N) is 1. The fraction of sp³-hybridized carbons (Fsp3) is 0.231. The Labute approximate surface area is 141 Å². The van der Waals surface area contributed by atoms with Crippen molar-refractivity contribution in [1.29, 1.82) is 0 Å². The van der Waals surface area contributed by atoms with Crippen molar-refractivity contribution in [3.63, 3.8) is 0 Å². The van der Waals surface area contributed by atoms with Crippen molar-refractivity contribution < 1.29 is 4.79 Å². The van der Waals surface area contributed by atoms with E-state index in [2.05, 4.69) is 15.6 Å². The van der Waals surface area contributed by atoms with Gasteiger partial charge in [0.15, 0.2) is 5.13 Å². The maximum atomic E-state index is 12.2. The van der Waals surface area contributed by atoms with E-state index in [1.165, 1.54) is 11.3 Å². The lowest BCUT2D eigenvalue weighted by molar-refractivity contribution is 0.0942. The standard InChI is InChI=1S/C13H12Cl3N3OS/c1-8-2-4-9(5-3-8)10(20)18-11(13(14,15)16)19-12-17-6-7-21-12/h2-7,11H,1H3,(H,17,19)(H,18,20). The van der Waals surface area contributed by atoms with Crippen molar-refractivity contribution in [2.75, 3.05) is 5.32 Å². The van der Waals surface area contributed by atoms with Crippen LogP contribution < -0.4 is 10.6 Å². The number of carbonyl (C=O) groups is 1. The summed E-state index contributed by atoms with van der Waals surface area (Å²) in [5.74, 6) is -0.338. The average molecular weight is 365 g/mol. The minimum atomic E-state index is -1.72.